The monoisotopic (exact) mass is 294 g/mol. The predicted molar refractivity (Wildman–Crippen MR) is 65.0 cm³/mol. The molecule has 1 rings (SSSR count). The first-order chi connectivity index (χ1) is 6.43. The molecule has 2 nitrogen and oxygen atoms in total. The van der Waals surface area contributed by atoms with E-state index < -0.39 is 10.7 Å². The van der Waals surface area contributed by atoms with Crippen molar-refractivity contribution in [1.82, 2.24) is 0 Å². The summed E-state index contributed by atoms with van der Waals surface area (Å²) >= 11 is 6.50. The molecule has 0 aliphatic rings. The summed E-state index contributed by atoms with van der Waals surface area (Å²) in [5, 5.41) is 10.9. The highest BCUT2D eigenvalue weighted by Crippen LogP contribution is 2.33. The van der Waals surface area contributed by atoms with E-state index in [-0.39, 0.29) is 0 Å². The first-order valence-corrected chi connectivity index (χ1v) is 6.68. The fraction of sp³-hybridized carbons (Fsp3) is 0.444. The van der Waals surface area contributed by atoms with Gasteiger partial charge in [0.05, 0.1) is 0 Å². The second-order valence-electron chi connectivity index (χ2n) is 3.30. The van der Waals surface area contributed by atoms with E-state index in [1.807, 2.05) is 11.4 Å². The molecule has 0 fully saturated rings. The Hall–Kier alpha value is -0.000000000000000111. The molecule has 0 spiro atoms. The maximum atomic E-state index is 10.8. The van der Waals surface area contributed by atoms with Crippen LogP contribution in [0.4, 0.5) is 0 Å². The van der Waals surface area contributed by atoms with Gasteiger partial charge < -0.3 is 5.11 Å². The molecule has 14 heavy (non-hydrogen) atoms. The number of carbonyl (C=O) groups is 1. The molecule has 1 aromatic heterocycles. The van der Waals surface area contributed by atoms with E-state index in [1.165, 1.54) is 16.6 Å². The van der Waals surface area contributed by atoms with Crippen molar-refractivity contribution in [2.75, 3.05) is 0 Å². The van der Waals surface area contributed by atoms with Crippen LogP contribution in [0.25, 0.3) is 0 Å². The topological polar surface area (TPSA) is 37.3 Å². The van der Waals surface area contributed by atoms with E-state index in [9.17, 15) is 4.79 Å². The van der Waals surface area contributed by atoms with Gasteiger partial charge in [-0.15, -0.1) is 23.1 Å². The summed E-state index contributed by atoms with van der Waals surface area (Å²) in [5.41, 5.74) is 0. The minimum atomic E-state index is -0.768. The molecule has 5 heteroatoms. The van der Waals surface area contributed by atoms with Crippen molar-refractivity contribution >= 4 is 45.0 Å². The highest BCUT2D eigenvalue weighted by Gasteiger charge is 2.27. The molecule has 0 aliphatic carbocycles. The Morgan fingerprint density at radius 1 is 1.71 bits per heavy atom. The average Bonchev–Trinajstić information content (AvgIpc) is 2.47. The Balaban J connectivity index is 2.57. The number of aliphatic carboxylic acids is 1. The van der Waals surface area contributed by atoms with Crippen molar-refractivity contribution in [3.63, 3.8) is 0 Å². The number of carboxylic acids is 1. The van der Waals surface area contributed by atoms with E-state index in [4.69, 9.17) is 5.11 Å². The first kappa shape index (κ1) is 12.1. The van der Waals surface area contributed by atoms with Gasteiger partial charge >= 0.3 is 5.97 Å². The van der Waals surface area contributed by atoms with E-state index >= 15 is 0 Å². The van der Waals surface area contributed by atoms with Gasteiger partial charge in [-0.25, -0.2) is 0 Å². The molecular formula is C9H11BrO2S2. The van der Waals surface area contributed by atoms with Crippen LogP contribution < -0.4 is 0 Å². The van der Waals surface area contributed by atoms with Crippen LogP contribution in [0.5, 0.6) is 0 Å². The molecule has 0 radical (unpaired) electrons. The smallest absolute Gasteiger partial charge is 0.319 e. The second-order valence-corrected chi connectivity index (χ2v) is 6.75. The van der Waals surface area contributed by atoms with Gasteiger partial charge in [-0.05, 0) is 41.2 Å². The third-order valence-corrected chi connectivity index (χ3v) is 5.21. The normalized spacial score (nSPS) is 11.6. The van der Waals surface area contributed by atoms with Gasteiger partial charge in [0, 0.05) is 15.1 Å². The van der Waals surface area contributed by atoms with Crippen LogP contribution in [0.2, 0.25) is 0 Å². The van der Waals surface area contributed by atoms with Crippen LogP contribution in [0.1, 0.15) is 18.7 Å². The number of hydrogen-bond donors (Lipinski definition) is 1. The fourth-order valence-electron chi connectivity index (χ4n) is 0.736. The lowest BCUT2D eigenvalue weighted by Crippen LogP contribution is -2.27. The summed E-state index contributed by atoms with van der Waals surface area (Å²) in [6.45, 7) is 3.45. The number of thioether (sulfide) groups is 1. The highest BCUT2D eigenvalue weighted by atomic mass is 79.9. The van der Waals surface area contributed by atoms with Gasteiger partial charge in [-0.3, -0.25) is 4.79 Å². The Morgan fingerprint density at radius 2 is 2.36 bits per heavy atom. The molecular weight excluding hydrogens is 284 g/mol. The fourth-order valence-corrected chi connectivity index (χ4v) is 3.42. The molecule has 0 saturated heterocycles. The van der Waals surface area contributed by atoms with Crippen LogP contribution in [0.3, 0.4) is 0 Å². The zero-order valence-corrected chi connectivity index (χ0v) is 11.1. The number of rotatable bonds is 4. The molecule has 0 amide bonds. The standard InChI is InChI=1S/C9H11BrO2S2/c1-9(2,8(11)12)14-5-7-6(10)3-4-13-7/h3-4H,5H2,1-2H3,(H,11,12). The van der Waals surface area contributed by atoms with Gasteiger partial charge in [-0.1, -0.05) is 0 Å². The van der Waals surface area contributed by atoms with Crippen LogP contribution >= 0.6 is 39.0 Å². The van der Waals surface area contributed by atoms with Crippen LogP contribution in [-0.4, -0.2) is 15.8 Å². The lowest BCUT2D eigenvalue weighted by molar-refractivity contribution is -0.138. The molecule has 0 unspecified atom stereocenters. The quantitative estimate of drug-likeness (QED) is 0.922. The van der Waals surface area contributed by atoms with Crippen LogP contribution in [-0.2, 0) is 10.5 Å². The van der Waals surface area contributed by atoms with Gasteiger partial charge in [0.25, 0.3) is 0 Å². The van der Waals surface area contributed by atoms with Crippen molar-refractivity contribution in [3.05, 3.63) is 20.8 Å². The molecule has 0 bridgehead atoms. The Morgan fingerprint density at radius 3 is 2.79 bits per heavy atom. The summed E-state index contributed by atoms with van der Waals surface area (Å²) in [4.78, 5) is 12.0. The van der Waals surface area contributed by atoms with Gasteiger partial charge in [-0.2, -0.15) is 0 Å². The van der Waals surface area contributed by atoms with Gasteiger partial charge in [0.1, 0.15) is 4.75 Å². The third kappa shape index (κ3) is 3.00. The number of carboxylic acid groups (broad SMARTS) is 1. The molecule has 0 saturated carbocycles. The summed E-state index contributed by atoms with van der Waals surface area (Å²) in [7, 11) is 0. The second kappa shape index (κ2) is 4.68. The van der Waals surface area contributed by atoms with Gasteiger partial charge in [0.2, 0.25) is 0 Å². The number of hydrogen-bond acceptors (Lipinski definition) is 3. The maximum absolute atomic E-state index is 10.8. The summed E-state index contributed by atoms with van der Waals surface area (Å²) in [6, 6.07) is 1.98. The van der Waals surface area contributed by atoms with Crippen molar-refractivity contribution in [2.45, 2.75) is 24.3 Å². The van der Waals surface area contributed by atoms with E-state index in [1.54, 1.807) is 25.2 Å². The first-order valence-electron chi connectivity index (χ1n) is 4.02. The molecule has 1 heterocycles. The SMILES string of the molecule is CC(C)(SCc1sccc1Br)C(=O)O. The number of thiophene rings is 1. The summed E-state index contributed by atoms with van der Waals surface area (Å²) in [5.74, 6) is -0.0347. The Bertz CT molecular complexity index is 333. The van der Waals surface area contributed by atoms with E-state index in [0.717, 1.165) is 10.2 Å². The van der Waals surface area contributed by atoms with Crippen LogP contribution in [0, 0.1) is 0 Å². The predicted octanol–water partition coefficient (Wildman–Crippen LogP) is 3.61. The van der Waals surface area contributed by atoms with E-state index in [0.29, 0.717) is 0 Å². The number of halogens is 1. The van der Waals surface area contributed by atoms with Crippen molar-refractivity contribution in [1.29, 1.82) is 0 Å². The zero-order valence-electron chi connectivity index (χ0n) is 7.91. The van der Waals surface area contributed by atoms with E-state index in [2.05, 4.69) is 15.9 Å². The molecule has 1 N–H and O–H groups in total. The summed E-state index contributed by atoms with van der Waals surface area (Å²) in [6.07, 6.45) is 0. The molecule has 78 valence electrons. The Labute approximate surface area is 99.8 Å². The van der Waals surface area contributed by atoms with Crippen molar-refractivity contribution < 1.29 is 9.90 Å². The van der Waals surface area contributed by atoms with Crippen molar-refractivity contribution in [3.8, 4) is 0 Å². The molecule has 1 aromatic rings. The molecule has 0 aromatic carbocycles. The van der Waals surface area contributed by atoms with Gasteiger partial charge in [0.15, 0.2) is 0 Å². The Kier molecular flexibility index (Phi) is 4.04. The third-order valence-electron chi connectivity index (χ3n) is 1.77. The van der Waals surface area contributed by atoms with Crippen molar-refractivity contribution in [2.24, 2.45) is 0 Å². The summed E-state index contributed by atoms with van der Waals surface area (Å²) < 4.78 is 0.347. The highest BCUT2D eigenvalue weighted by molar-refractivity contribution is 9.10. The maximum Gasteiger partial charge on any atom is 0.319 e. The van der Waals surface area contributed by atoms with Crippen LogP contribution in [0.15, 0.2) is 15.9 Å². The molecule has 0 aliphatic heterocycles. The average molecular weight is 295 g/mol. The lowest BCUT2D eigenvalue weighted by atomic mass is 10.2. The zero-order chi connectivity index (χ0) is 10.8. The lowest BCUT2D eigenvalue weighted by Gasteiger charge is -2.17. The largest absolute Gasteiger partial charge is 0.480 e. The minimum absolute atomic E-state index is 0.719. The minimum Gasteiger partial charge on any atom is -0.480 e. The molecule has 0 atom stereocenters.